The largest absolute Gasteiger partial charge is 0.312 e. The molecule has 3 nitrogen and oxygen atoms in total. The number of halogens is 2. The number of nitrogens with zero attached hydrogens (tertiary/aromatic N) is 2. The Labute approximate surface area is 166 Å². The lowest BCUT2D eigenvalue weighted by Crippen LogP contribution is -2.46. The zero-order valence-corrected chi connectivity index (χ0v) is 16.8. The summed E-state index contributed by atoms with van der Waals surface area (Å²) in [6.45, 7) is 5.09. The van der Waals surface area contributed by atoms with Crippen LogP contribution >= 0.6 is 46.9 Å². The summed E-state index contributed by atoms with van der Waals surface area (Å²) < 4.78 is 2.34. The second-order valence-electron chi connectivity index (χ2n) is 5.81. The van der Waals surface area contributed by atoms with E-state index in [2.05, 4.69) is 22.6 Å². The average molecular weight is 410 g/mol. The first-order valence-corrected chi connectivity index (χ1v) is 10.2. The molecule has 0 bridgehead atoms. The summed E-state index contributed by atoms with van der Waals surface area (Å²) in [5.41, 5.74) is 0.666. The van der Waals surface area contributed by atoms with Crippen LogP contribution in [0.5, 0.6) is 0 Å². The Hall–Kier alpha value is -0.870. The minimum absolute atomic E-state index is 0.461. The fourth-order valence-electron chi connectivity index (χ4n) is 2.57. The molecule has 1 saturated heterocycles. The summed E-state index contributed by atoms with van der Waals surface area (Å²) in [7, 11) is 0. The molecule has 1 N–H and O–H groups in total. The molecule has 2 aromatic carbocycles. The highest BCUT2D eigenvalue weighted by Crippen LogP contribution is 2.39. The van der Waals surface area contributed by atoms with Crippen LogP contribution in [0, 0.1) is 11.3 Å². The highest BCUT2D eigenvalue weighted by atomic mass is 35.5. The molecule has 1 aliphatic rings. The third-order valence-electron chi connectivity index (χ3n) is 3.70. The summed E-state index contributed by atoms with van der Waals surface area (Å²) in [6.07, 6.45) is 0. The highest BCUT2D eigenvalue weighted by Gasteiger charge is 2.18. The third-order valence-corrected chi connectivity index (χ3v) is 6.43. The predicted molar refractivity (Wildman–Crippen MR) is 107 cm³/mol. The number of nitriles is 1. The van der Waals surface area contributed by atoms with Crippen molar-refractivity contribution in [2.75, 3.05) is 19.6 Å². The summed E-state index contributed by atoms with van der Waals surface area (Å²) in [5.74, 6) is 0. The smallest absolute Gasteiger partial charge is 0.0992 e. The van der Waals surface area contributed by atoms with Gasteiger partial charge in [-0.15, -0.1) is 0 Å². The number of piperazine rings is 1. The molecule has 130 valence electrons. The zero-order chi connectivity index (χ0) is 17.8. The lowest BCUT2D eigenvalue weighted by Gasteiger charge is -2.31. The minimum atomic E-state index is 0.461. The van der Waals surface area contributed by atoms with E-state index in [-0.39, 0.29) is 0 Å². The van der Waals surface area contributed by atoms with Gasteiger partial charge in [0.1, 0.15) is 0 Å². The summed E-state index contributed by atoms with van der Waals surface area (Å²) >= 11 is 15.5. The molecule has 1 fully saturated rings. The van der Waals surface area contributed by atoms with Gasteiger partial charge in [-0.05, 0) is 55.3 Å². The molecule has 0 aromatic heterocycles. The van der Waals surface area contributed by atoms with Gasteiger partial charge in [-0.3, -0.25) is 0 Å². The van der Waals surface area contributed by atoms with Crippen LogP contribution in [0.3, 0.4) is 0 Å². The second kappa shape index (κ2) is 8.68. The number of hydrogen-bond acceptors (Lipinski definition) is 5. The van der Waals surface area contributed by atoms with E-state index < -0.39 is 0 Å². The van der Waals surface area contributed by atoms with E-state index in [9.17, 15) is 5.26 Å². The van der Waals surface area contributed by atoms with Crippen molar-refractivity contribution in [3.8, 4) is 6.07 Å². The first-order chi connectivity index (χ1) is 12.0. The molecule has 0 spiro atoms. The maximum absolute atomic E-state index is 9.24. The Kier molecular flexibility index (Phi) is 6.56. The van der Waals surface area contributed by atoms with Crippen LogP contribution in [0.15, 0.2) is 51.1 Å². The average Bonchev–Trinajstić information content (AvgIpc) is 2.55. The number of nitrogens with one attached hydrogen (secondary N) is 1. The molecule has 1 unspecified atom stereocenters. The van der Waals surface area contributed by atoms with Crippen LogP contribution in [0.4, 0.5) is 0 Å². The fourth-order valence-corrected chi connectivity index (χ4v) is 5.48. The van der Waals surface area contributed by atoms with Crippen molar-refractivity contribution < 1.29 is 0 Å². The van der Waals surface area contributed by atoms with E-state index >= 15 is 0 Å². The van der Waals surface area contributed by atoms with Crippen molar-refractivity contribution in [3.05, 3.63) is 52.0 Å². The molecule has 7 heteroatoms. The maximum atomic E-state index is 9.24. The quantitative estimate of drug-likeness (QED) is 0.691. The van der Waals surface area contributed by atoms with E-state index in [0.717, 1.165) is 34.3 Å². The molecule has 0 amide bonds. The van der Waals surface area contributed by atoms with Crippen molar-refractivity contribution in [3.63, 3.8) is 0 Å². The van der Waals surface area contributed by atoms with Crippen molar-refractivity contribution in [1.29, 1.82) is 5.26 Å². The van der Waals surface area contributed by atoms with Crippen molar-refractivity contribution in [2.24, 2.45) is 0 Å². The summed E-state index contributed by atoms with van der Waals surface area (Å²) in [5, 5.41) is 13.9. The first kappa shape index (κ1) is 18.9. The van der Waals surface area contributed by atoms with Gasteiger partial charge in [0, 0.05) is 50.4 Å². The second-order valence-corrected chi connectivity index (χ2v) is 8.94. The maximum Gasteiger partial charge on any atom is 0.0992 e. The normalized spacial score (nSPS) is 18.1. The predicted octanol–water partition coefficient (Wildman–Crippen LogP) is 5.32. The highest BCUT2D eigenvalue weighted by molar-refractivity contribution is 8.01. The Bertz CT molecular complexity index is 787. The van der Waals surface area contributed by atoms with Gasteiger partial charge in [0.25, 0.3) is 0 Å². The Balaban J connectivity index is 1.86. The van der Waals surface area contributed by atoms with Crippen molar-refractivity contribution in [1.82, 2.24) is 9.62 Å². The van der Waals surface area contributed by atoms with Crippen LogP contribution < -0.4 is 5.32 Å². The molecule has 2 aromatic rings. The fraction of sp³-hybridized carbons (Fsp3) is 0.278. The van der Waals surface area contributed by atoms with Gasteiger partial charge >= 0.3 is 0 Å². The van der Waals surface area contributed by atoms with Gasteiger partial charge in [0.15, 0.2) is 0 Å². The lowest BCUT2D eigenvalue weighted by atomic mass is 10.2. The van der Waals surface area contributed by atoms with Gasteiger partial charge in [-0.2, -0.15) is 5.26 Å². The van der Waals surface area contributed by atoms with Gasteiger partial charge in [-0.25, -0.2) is 4.31 Å². The lowest BCUT2D eigenvalue weighted by molar-refractivity contribution is 0.334. The Morgan fingerprint density at radius 1 is 1.16 bits per heavy atom. The van der Waals surface area contributed by atoms with Crippen LogP contribution in [0.25, 0.3) is 0 Å². The molecule has 3 rings (SSSR count). The number of hydrogen-bond donors (Lipinski definition) is 1. The minimum Gasteiger partial charge on any atom is -0.312 e. The molecule has 1 atom stereocenters. The zero-order valence-electron chi connectivity index (χ0n) is 13.6. The van der Waals surface area contributed by atoms with Crippen molar-refractivity contribution >= 4 is 46.9 Å². The van der Waals surface area contributed by atoms with Gasteiger partial charge in [0.2, 0.25) is 0 Å². The molecule has 0 aliphatic carbocycles. The van der Waals surface area contributed by atoms with E-state index in [1.807, 2.05) is 30.3 Å². The first-order valence-electron chi connectivity index (χ1n) is 7.88. The van der Waals surface area contributed by atoms with Crippen LogP contribution in [0.1, 0.15) is 12.5 Å². The molecular formula is C18H17Cl2N3S2. The van der Waals surface area contributed by atoms with E-state index in [0.29, 0.717) is 21.7 Å². The molecule has 1 heterocycles. The molecule has 0 saturated carbocycles. The van der Waals surface area contributed by atoms with Gasteiger partial charge in [0.05, 0.1) is 11.6 Å². The molecule has 0 radical (unpaired) electrons. The monoisotopic (exact) mass is 409 g/mol. The third kappa shape index (κ3) is 5.30. The van der Waals surface area contributed by atoms with Gasteiger partial charge in [-0.1, -0.05) is 35.0 Å². The SMILES string of the molecule is CC1CN(Sc2cc(C#N)ccc2Sc2cc(Cl)cc(Cl)c2)CCN1. The van der Waals surface area contributed by atoms with Crippen LogP contribution in [0.2, 0.25) is 10.0 Å². The van der Waals surface area contributed by atoms with E-state index in [1.54, 1.807) is 29.8 Å². The molecule has 25 heavy (non-hydrogen) atoms. The summed E-state index contributed by atoms with van der Waals surface area (Å²) in [4.78, 5) is 3.15. The number of benzene rings is 2. The Morgan fingerprint density at radius 2 is 1.92 bits per heavy atom. The van der Waals surface area contributed by atoms with Crippen LogP contribution in [-0.4, -0.2) is 30.0 Å². The van der Waals surface area contributed by atoms with Crippen molar-refractivity contribution in [2.45, 2.75) is 27.7 Å². The van der Waals surface area contributed by atoms with Gasteiger partial charge < -0.3 is 5.32 Å². The van der Waals surface area contributed by atoms with Crippen LogP contribution in [-0.2, 0) is 0 Å². The van der Waals surface area contributed by atoms with E-state index in [4.69, 9.17) is 23.2 Å². The van der Waals surface area contributed by atoms with E-state index in [1.165, 1.54) is 0 Å². The number of rotatable bonds is 4. The molecular weight excluding hydrogens is 393 g/mol. The Morgan fingerprint density at radius 3 is 2.60 bits per heavy atom. The summed E-state index contributed by atoms with van der Waals surface area (Å²) in [6, 6.07) is 14.0. The molecule has 1 aliphatic heterocycles. The standard InChI is InChI=1S/C18H17Cl2N3S2/c1-12-11-23(5-4-22-12)25-18-6-13(10-21)2-3-17(18)24-16-8-14(19)7-15(20)9-16/h2-3,6-9,12,22H,4-5,11H2,1H3. The topological polar surface area (TPSA) is 39.1 Å².